The van der Waals surface area contributed by atoms with Gasteiger partial charge in [0.2, 0.25) is 0 Å². The normalized spacial score (nSPS) is 18.7. The topological polar surface area (TPSA) is 67.6 Å². The van der Waals surface area contributed by atoms with E-state index in [1.165, 1.54) is 12.5 Å². The molecule has 21 heavy (non-hydrogen) atoms. The number of likely N-dealkylation sites (N-methyl/N-ethyl adjacent to an activating group) is 1. The standard InChI is InChI=1S/C15H23N3O3/c1-3-17(14-5-4-8-16-10-14)11-12-9-13(18(19)20)6-7-15(12)21-2/h6-7,9,14,16H,3-5,8,10-11H2,1-2H3. The Hall–Kier alpha value is -1.66. The number of piperidine rings is 1. The number of ether oxygens (including phenoxy) is 1. The van der Waals surface area contributed by atoms with Gasteiger partial charge in [-0.15, -0.1) is 0 Å². The van der Waals surface area contributed by atoms with Crippen LogP contribution >= 0.6 is 0 Å². The molecule has 1 unspecified atom stereocenters. The number of benzene rings is 1. The molecule has 1 aliphatic heterocycles. The number of non-ortho nitro benzene ring substituents is 1. The van der Waals surface area contributed by atoms with E-state index >= 15 is 0 Å². The lowest BCUT2D eigenvalue weighted by molar-refractivity contribution is -0.385. The van der Waals surface area contributed by atoms with Gasteiger partial charge in [0.05, 0.1) is 12.0 Å². The molecule has 0 aromatic heterocycles. The van der Waals surface area contributed by atoms with Gasteiger partial charge < -0.3 is 10.1 Å². The van der Waals surface area contributed by atoms with Crippen LogP contribution in [0.15, 0.2) is 18.2 Å². The van der Waals surface area contributed by atoms with Crippen molar-refractivity contribution in [1.82, 2.24) is 10.2 Å². The van der Waals surface area contributed by atoms with Crippen LogP contribution in [-0.4, -0.2) is 42.6 Å². The lowest BCUT2D eigenvalue weighted by Gasteiger charge is -2.34. The minimum Gasteiger partial charge on any atom is -0.496 e. The van der Waals surface area contributed by atoms with Crippen molar-refractivity contribution < 1.29 is 9.66 Å². The van der Waals surface area contributed by atoms with Crippen LogP contribution in [0.5, 0.6) is 5.75 Å². The SMILES string of the molecule is CCN(Cc1cc([N+](=O)[O-])ccc1OC)C1CCCNC1. The number of methoxy groups -OCH3 is 1. The van der Waals surface area contributed by atoms with Gasteiger partial charge in [0.1, 0.15) is 5.75 Å². The van der Waals surface area contributed by atoms with E-state index in [4.69, 9.17) is 4.74 Å². The average Bonchev–Trinajstić information content (AvgIpc) is 2.53. The lowest BCUT2D eigenvalue weighted by atomic mass is 10.0. The molecule has 0 amide bonds. The lowest BCUT2D eigenvalue weighted by Crippen LogP contribution is -2.45. The van der Waals surface area contributed by atoms with Gasteiger partial charge in [0, 0.05) is 36.8 Å². The minimum atomic E-state index is -0.360. The summed E-state index contributed by atoms with van der Waals surface area (Å²) in [6.07, 6.45) is 2.34. The predicted octanol–water partition coefficient (Wildman–Crippen LogP) is 2.18. The molecule has 116 valence electrons. The van der Waals surface area contributed by atoms with Crippen LogP contribution in [0, 0.1) is 10.1 Å². The molecule has 1 N–H and O–H groups in total. The first-order valence-corrected chi connectivity index (χ1v) is 7.41. The van der Waals surface area contributed by atoms with Crippen molar-refractivity contribution in [3.8, 4) is 5.75 Å². The second-order valence-electron chi connectivity index (χ2n) is 5.32. The maximum atomic E-state index is 11.0. The van der Waals surface area contributed by atoms with E-state index in [0.717, 1.165) is 31.6 Å². The molecule has 0 radical (unpaired) electrons. The third-order valence-corrected chi connectivity index (χ3v) is 4.04. The van der Waals surface area contributed by atoms with Crippen LogP contribution < -0.4 is 10.1 Å². The molecule has 1 aromatic carbocycles. The van der Waals surface area contributed by atoms with E-state index in [-0.39, 0.29) is 10.6 Å². The molecule has 1 saturated heterocycles. The molecular formula is C15H23N3O3. The Balaban J connectivity index is 2.18. The third-order valence-electron chi connectivity index (χ3n) is 4.04. The predicted molar refractivity (Wildman–Crippen MR) is 81.6 cm³/mol. The summed E-state index contributed by atoms with van der Waals surface area (Å²) in [6.45, 7) is 5.77. The Labute approximate surface area is 125 Å². The van der Waals surface area contributed by atoms with Gasteiger partial charge in [-0.05, 0) is 32.0 Å². The molecule has 0 saturated carbocycles. The van der Waals surface area contributed by atoms with Gasteiger partial charge in [0.25, 0.3) is 5.69 Å². The van der Waals surface area contributed by atoms with Crippen molar-refractivity contribution in [3.05, 3.63) is 33.9 Å². The maximum absolute atomic E-state index is 11.0. The fourth-order valence-electron chi connectivity index (χ4n) is 2.87. The number of nitro benzene ring substituents is 1. The number of hydrogen-bond acceptors (Lipinski definition) is 5. The number of hydrogen-bond donors (Lipinski definition) is 1. The van der Waals surface area contributed by atoms with E-state index in [1.54, 1.807) is 19.2 Å². The van der Waals surface area contributed by atoms with Gasteiger partial charge in [-0.1, -0.05) is 6.92 Å². The average molecular weight is 293 g/mol. The molecule has 0 spiro atoms. The summed E-state index contributed by atoms with van der Waals surface area (Å²) >= 11 is 0. The molecule has 2 rings (SSSR count). The fraction of sp³-hybridized carbons (Fsp3) is 0.600. The fourth-order valence-corrected chi connectivity index (χ4v) is 2.87. The molecule has 6 heteroatoms. The smallest absolute Gasteiger partial charge is 0.270 e. The number of nitrogens with zero attached hydrogens (tertiary/aromatic N) is 2. The second-order valence-corrected chi connectivity index (χ2v) is 5.32. The summed E-state index contributed by atoms with van der Waals surface area (Å²) in [6, 6.07) is 5.27. The first-order valence-electron chi connectivity index (χ1n) is 7.41. The Morgan fingerprint density at radius 3 is 2.90 bits per heavy atom. The Bertz CT molecular complexity index is 487. The molecule has 1 atom stereocenters. The van der Waals surface area contributed by atoms with E-state index < -0.39 is 0 Å². The number of nitro groups is 1. The molecule has 1 aromatic rings. The highest BCUT2D eigenvalue weighted by atomic mass is 16.6. The van der Waals surface area contributed by atoms with Crippen molar-refractivity contribution in [3.63, 3.8) is 0 Å². The quantitative estimate of drug-likeness (QED) is 0.643. The van der Waals surface area contributed by atoms with Crippen LogP contribution in [0.25, 0.3) is 0 Å². The summed E-state index contributed by atoms with van der Waals surface area (Å²) in [5, 5.41) is 14.4. The maximum Gasteiger partial charge on any atom is 0.270 e. The zero-order valence-corrected chi connectivity index (χ0v) is 12.7. The second kappa shape index (κ2) is 7.38. The van der Waals surface area contributed by atoms with Crippen LogP contribution in [0.2, 0.25) is 0 Å². The molecule has 1 fully saturated rings. The number of rotatable bonds is 6. The van der Waals surface area contributed by atoms with Crippen LogP contribution in [-0.2, 0) is 6.54 Å². The molecule has 6 nitrogen and oxygen atoms in total. The molecule has 1 heterocycles. The van der Waals surface area contributed by atoms with Crippen molar-refractivity contribution >= 4 is 5.69 Å². The Morgan fingerprint density at radius 1 is 1.52 bits per heavy atom. The molecule has 0 aliphatic carbocycles. The van der Waals surface area contributed by atoms with Gasteiger partial charge >= 0.3 is 0 Å². The summed E-state index contributed by atoms with van der Waals surface area (Å²) < 4.78 is 5.35. The zero-order chi connectivity index (χ0) is 15.2. The van der Waals surface area contributed by atoms with E-state index in [9.17, 15) is 10.1 Å². The summed E-state index contributed by atoms with van der Waals surface area (Å²) in [5.41, 5.74) is 0.989. The highest BCUT2D eigenvalue weighted by Gasteiger charge is 2.21. The van der Waals surface area contributed by atoms with E-state index in [0.29, 0.717) is 18.3 Å². The summed E-state index contributed by atoms with van der Waals surface area (Å²) in [7, 11) is 1.60. The monoisotopic (exact) mass is 293 g/mol. The van der Waals surface area contributed by atoms with Crippen LogP contribution in [0.3, 0.4) is 0 Å². The largest absolute Gasteiger partial charge is 0.496 e. The van der Waals surface area contributed by atoms with Gasteiger partial charge in [-0.2, -0.15) is 0 Å². The van der Waals surface area contributed by atoms with Crippen molar-refractivity contribution in [2.75, 3.05) is 26.7 Å². The molecule has 0 bridgehead atoms. The molecule has 1 aliphatic rings. The van der Waals surface area contributed by atoms with Crippen molar-refractivity contribution in [2.45, 2.75) is 32.4 Å². The van der Waals surface area contributed by atoms with Crippen LogP contribution in [0.1, 0.15) is 25.3 Å². The van der Waals surface area contributed by atoms with E-state index in [1.807, 2.05) is 0 Å². The van der Waals surface area contributed by atoms with Crippen molar-refractivity contribution in [1.29, 1.82) is 0 Å². The van der Waals surface area contributed by atoms with E-state index in [2.05, 4.69) is 17.1 Å². The third kappa shape index (κ3) is 3.92. The highest BCUT2D eigenvalue weighted by Crippen LogP contribution is 2.26. The van der Waals surface area contributed by atoms with Gasteiger partial charge in [-0.25, -0.2) is 0 Å². The highest BCUT2D eigenvalue weighted by molar-refractivity contribution is 5.43. The first-order chi connectivity index (χ1) is 10.2. The Kier molecular flexibility index (Phi) is 5.52. The number of nitrogens with one attached hydrogen (secondary N) is 1. The van der Waals surface area contributed by atoms with Gasteiger partial charge in [-0.3, -0.25) is 15.0 Å². The summed E-state index contributed by atoms with van der Waals surface area (Å²) in [5.74, 6) is 0.711. The van der Waals surface area contributed by atoms with Gasteiger partial charge in [0.15, 0.2) is 0 Å². The minimum absolute atomic E-state index is 0.114. The Morgan fingerprint density at radius 2 is 2.33 bits per heavy atom. The van der Waals surface area contributed by atoms with Crippen LogP contribution in [0.4, 0.5) is 5.69 Å². The molecular weight excluding hydrogens is 270 g/mol. The summed E-state index contributed by atoms with van der Waals surface area (Å²) in [4.78, 5) is 12.9. The van der Waals surface area contributed by atoms with Crippen molar-refractivity contribution in [2.24, 2.45) is 0 Å². The first kappa shape index (κ1) is 15.7. The zero-order valence-electron chi connectivity index (χ0n) is 12.7.